The van der Waals surface area contributed by atoms with Crippen LogP contribution in [0.1, 0.15) is 24.8 Å². The largest absolute Gasteiger partial charge is 0.481 e. The minimum atomic E-state index is -0.823. The average molecular weight is 280 g/mol. The van der Waals surface area contributed by atoms with Crippen LogP contribution >= 0.6 is 0 Å². The quantitative estimate of drug-likeness (QED) is 0.796. The van der Waals surface area contributed by atoms with E-state index in [1.54, 1.807) is 13.0 Å². The lowest BCUT2D eigenvalue weighted by molar-refractivity contribution is -0.141. The molecule has 1 aromatic carbocycles. The second-order valence-electron chi connectivity index (χ2n) is 5.06. The van der Waals surface area contributed by atoms with Gasteiger partial charge in [0, 0.05) is 17.3 Å². The summed E-state index contributed by atoms with van der Waals surface area (Å²) in [6.45, 7) is 1.58. The highest BCUT2D eigenvalue weighted by molar-refractivity contribution is 5.90. The molecule has 0 aliphatic heterocycles. The van der Waals surface area contributed by atoms with Gasteiger partial charge >= 0.3 is 12.0 Å². The van der Waals surface area contributed by atoms with Gasteiger partial charge in [-0.1, -0.05) is 6.07 Å². The van der Waals surface area contributed by atoms with Crippen LogP contribution < -0.4 is 10.6 Å². The van der Waals surface area contributed by atoms with Gasteiger partial charge in [-0.05, 0) is 38.3 Å². The van der Waals surface area contributed by atoms with Crippen LogP contribution in [0.5, 0.6) is 0 Å². The van der Waals surface area contributed by atoms with E-state index in [4.69, 9.17) is 5.11 Å². The number of hydrogen-bond donors (Lipinski definition) is 3. The van der Waals surface area contributed by atoms with Crippen molar-refractivity contribution in [3.05, 3.63) is 29.6 Å². The van der Waals surface area contributed by atoms with E-state index >= 15 is 0 Å². The van der Waals surface area contributed by atoms with Crippen molar-refractivity contribution in [3.63, 3.8) is 0 Å². The van der Waals surface area contributed by atoms with Crippen LogP contribution in [0.15, 0.2) is 18.2 Å². The van der Waals surface area contributed by atoms with Gasteiger partial charge in [0.15, 0.2) is 0 Å². The molecule has 1 fully saturated rings. The zero-order chi connectivity index (χ0) is 14.7. The molecule has 0 saturated heterocycles. The number of carbonyl (C=O) groups excluding carboxylic acids is 1. The monoisotopic (exact) mass is 280 g/mol. The van der Waals surface area contributed by atoms with Gasteiger partial charge in [-0.15, -0.1) is 0 Å². The van der Waals surface area contributed by atoms with Crippen molar-refractivity contribution in [1.29, 1.82) is 0 Å². The molecule has 3 N–H and O–H groups in total. The molecule has 0 spiro atoms. The van der Waals surface area contributed by atoms with E-state index in [0.717, 1.165) is 0 Å². The Kier molecular flexibility index (Phi) is 4.22. The molecule has 0 aromatic heterocycles. The van der Waals surface area contributed by atoms with Crippen LogP contribution in [0.3, 0.4) is 0 Å². The molecular weight excluding hydrogens is 263 g/mol. The van der Waals surface area contributed by atoms with Crippen LogP contribution in [0.4, 0.5) is 14.9 Å². The molecule has 2 atom stereocenters. The van der Waals surface area contributed by atoms with E-state index in [0.29, 0.717) is 30.5 Å². The topological polar surface area (TPSA) is 78.4 Å². The molecule has 0 unspecified atom stereocenters. The molecule has 6 heteroatoms. The molecule has 108 valence electrons. The maximum Gasteiger partial charge on any atom is 0.319 e. The molecule has 20 heavy (non-hydrogen) atoms. The number of halogens is 1. The summed E-state index contributed by atoms with van der Waals surface area (Å²) < 4.78 is 13.3. The minimum absolute atomic E-state index is 0.148. The van der Waals surface area contributed by atoms with Gasteiger partial charge in [-0.2, -0.15) is 0 Å². The number of carboxylic acids is 1. The van der Waals surface area contributed by atoms with Gasteiger partial charge in [-0.3, -0.25) is 4.79 Å². The molecule has 0 bridgehead atoms. The molecular formula is C14H17FN2O3. The zero-order valence-electron chi connectivity index (χ0n) is 11.1. The zero-order valence-corrected chi connectivity index (χ0v) is 11.1. The third-order valence-corrected chi connectivity index (χ3v) is 3.63. The van der Waals surface area contributed by atoms with Crippen molar-refractivity contribution in [2.24, 2.45) is 5.92 Å². The van der Waals surface area contributed by atoms with Gasteiger partial charge in [0.05, 0.1) is 5.92 Å². The smallest absolute Gasteiger partial charge is 0.319 e. The van der Waals surface area contributed by atoms with E-state index in [-0.39, 0.29) is 11.9 Å². The van der Waals surface area contributed by atoms with Gasteiger partial charge in [0.2, 0.25) is 0 Å². The van der Waals surface area contributed by atoms with Crippen molar-refractivity contribution in [2.45, 2.75) is 32.2 Å². The number of carboxylic acid groups (broad SMARTS) is 1. The van der Waals surface area contributed by atoms with Crippen molar-refractivity contribution in [2.75, 3.05) is 5.32 Å². The molecule has 0 radical (unpaired) electrons. The van der Waals surface area contributed by atoms with E-state index in [2.05, 4.69) is 10.6 Å². The Morgan fingerprint density at radius 2 is 2.10 bits per heavy atom. The number of hydrogen-bond acceptors (Lipinski definition) is 2. The fourth-order valence-corrected chi connectivity index (χ4v) is 2.42. The van der Waals surface area contributed by atoms with E-state index < -0.39 is 17.9 Å². The van der Waals surface area contributed by atoms with Crippen LogP contribution in [0.25, 0.3) is 0 Å². The highest BCUT2D eigenvalue weighted by Gasteiger charge is 2.30. The Morgan fingerprint density at radius 1 is 1.35 bits per heavy atom. The summed E-state index contributed by atoms with van der Waals surface area (Å²) in [5.74, 6) is -1.60. The molecule has 2 amide bonds. The van der Waals surface area contributed by atoms with Crippen LogP contribution in [-0.4, -0.2) is 23.1 Å². The fraction of sp³-hybridized carbons (Fsp3) is 0.429. The molecule has 1 aliphatic rings. The molecule has 2 rings (SSSR count). The van der Waals surface area contributed by atoms with Crippen LogP contribution in [-0.2, 0) is 4.79 Å². The highest BCUT2D eigenvalue weighted by atomic mass is 19.1. The first-order valence-corrected chi connectivity index (χ1v) is 6.53. The van der Waals surface area contributed by atoms with Crippen LogP contribution in [0, 0.1) is 18.7 Å². The Bertz CT molecular complexity index is 533. The first-order chi connectivity index (χ1) is 9.47. The summed E-state index contributed by atoms with van der Waals surface area (Å²) in [5.41, 5.74) is 0.785. The van der Waals surface area contributed by atoms with Crippen molar-refractivity contribution in [3.8, 4) is 0 Å². The number of urea groups is 1. The van der Waals surface area contributed by atoms with Gasteiger partial charge in [0.1, 0.15) is 5.82 Å². The van der Waals surface area contributed by atoms with Gasteiger partial charge in [-0.25, -0.2) is 9.18 Å². The number of anilines is 1. The summed E-state index contributed by atoms with van der Waals surface area (Å²) in [5, 5.41) is 14.2. The van der Waals surface area contributed by atoms with Crippen molar-refractivity contribution < 1.29 is 19.1 Å². The Hall–Kier alpha value is -2.11. The number of nitrogens with one attached hydrogen (secondary N) is 2. The summed E-state index contributed by atoms with van der Waals surface area (Å²) in [6, 6.07) is 3.88. The second kappa shape index (κ2) is 5.90. The lowest BCUT2D eigenvalue weighted by atomic mass is 10.1. The number of amides is 2. The number of rotatable bonds is 3. The Labute approximate surface area is 116 Å². The summed E-state index contributed by atoms with van der Waals surface area (Å²) in [6.07, 6.45) is 1.65. The number of carbonyl (C=O) groups is 2. The minimum Gasteiger partial charge on any atom is -0.481 e. The molecule has 1 aromatic rings. The third-order valence-electron chi connectivity index (χ3n) is 3.63. The fourth-order valence-electron chi connectivity index (χ4n) is 2.42. The Balaban J connectivity index is 1.90. The van der Waals surface area contributed by atoms with Gasteiger partial charge < -0.3 is 15.7 Å². The number of aliphatic carboxylic acids is 1. The second-order valence-corrected chi connectivity index (χ2v) is 5.06. The summed E-state index contributed by atoms with van der Waals surface area (Å²) in [7, 11) is 0. The Morgan fingerprint density at radius 3 is 2.75 bits per heavy atom. The normalized spacial score (nSPS) is 21.5. The predicted octanol–water partition coefficient (Wildman–Crippen LogP) is 2.51. The van der Waals surface area contributed by atoms with E-state index in [1.165, 1.54) is 12.1 Å². The van der Waals surface area contributed by atoms with Crippen LogP contribution in [0.2, 0.25) is 0 Å². The molecule has 5 nitrogen and oxygen atoms in total. The number of benzene rings is 1. The first kappa shape index (κ1) is 14.3. The standard InChI is InChI=1S/C14H17FN2O3/c1-8-11(15)3-2-4-12(8)17-14(20)16-10-6-5-9(7-10)13(18)19/h2-4,9-10H,5-7H2,1H3,(H,18,19)(H2,16,17,20)/t9-,10+/m1/s1. The van der Waals surface area contributed by atoms with Gasteiger partial charge in [0.25, 0.3) is 0 Å². The lowest BCUT2D eigenvalue weighted by Crippen LogP contribution is -2.36. The first-order valence-electron chi connectivity index (χ1n) is 6.53. The maximum atomic E-state index is 13.3. The highest BCUT2D eigenvalue weighted by Crippen LogP contribution is 2.25. The molecule has 1 saturated carbocycles. The van der Waals surface area contributed by atoms with Crippen molar-refractivity contribution in [1.82, 2.24) is 5.32 Å². The SMILES string of the molecule is Cc1c(F)cccc1NC(=O)N[C@H]1CC[C@@H](C(=O)O)C1. The summed E-state index contributed by atoms with van der Waals surface area (Å²) in [4.78, 5) is 22.7. The lowest BCUT2D eigenvalue weighted by Gasteiger charge is -2.14. The van der Waals surface area contributed by atoms with E-state index in [1.807, 2.05) is 0 Å². The third kappa shape index (κ3) is 3.26. The maximum absolute atomic E-state index is 13.3. The average Bonchev–Trinajstić information content (AvgIpc) is 2.83. The summed E-state index contributed by atoms with van der Waals surface area (Å²) >= 11 is 0. The molecule has 1 aliphatic carbocycles. The van der Waals surface area contributed by atoms with E-state index in [9.17, 15) is 14.0 Å². The molecule has 0 heterocycles. The predicted molar refractivity (Wildman–Crippen MR) is 72.1 cm³/mol. The van der Waals surface area contributed by atoms with Crippen molar-refractivity contribution >= 4 is 17.7 Å².